The SMILES string of the molecule is Cc1cc(C2OCCc3nc(SCc4c(F)cc(OCCCCCOCCCl)cc4Cl)n(-c4ccc(F)cc4)c32)ccc1Cl. The van der Waals surface area contributed by atoms with E-state index in [1.807, 2.05) is 29.7 Å². The molecule has 0 aliphatic carbocycles. The highest BCUT2D eigenvalue weighted by Crippen LogP contribution is 2.40. The zero-order valence-corrected chi connectivity index (χ0v) is 27.3. The molecule has 0 amide bonds. The average Bonchev–Trinajstić information content (AvgIpc) is 3.38. The van der Waals surface area contributed by atoms with Crippen LogP contribution in [0.5, 0.6) is 5.75 Å². The first-order valence-electron chi connectivity index (χ1n) is 14.5. The van der Waals surface area contributed by atoms with E-state index >= 15 is 4.39 Å². The fourth-order valence-corrected chi connectivity index (χ4v) is 6.69. The smallest absolute Gasteiger partial charge is 0.173 e. The van der Waals surface area contributed by atoms with E-state index in [4.69, 9.17) is 54.0 Å². The third kappa shape index (κ3) is 8.08. The van der Waals surface area contributed by atoms with Gasteiger partial charge in [0.15, 0.2) is 5.16 Å². The van der Waals surface area contributed by atoms with Gasteiger partial charge in [-0.05, 0) is 73.7 Å². The van der Waals surface area contributed by atoms with Crippen molar-refractivity contribution in [2.45, 2.75) is 49.6 Å². The highest BCUT2D eigenvalue weighted by molar-refractivity contribution is 7.98. The van der Waals surface area contributed by atoms with E-state index < -0.39 is 11.9 Å². The molecule has 0 spiro atoms. The normalized spacial score (nSPS) is 14.5. The van der Waals surface area contributed by atoms with E-state index in [0.29, 0.717) is 60.2 Å². The Morgan fingerprint density at radius 2 is 1.77 bits per heavy atom. The summed E-state index contributed by atoms with van der Waals surface area (Å²) in [6.45, 7) is 4.11. The van der Waals surface area contributed by atoms with Gasteiger partial charge >= 0.3 is 0 Å². The van der Waals surface area contributed by atoms with Crippen LogP contribution in [0.1, 0.15) is 53.4 Å². The van der Waals surface area contributed by atoms with E-state index in [1.165, 1.54) is 30.0 Å². The lowest BCUT2D eigenvalue weighted by Gasteiger charge is -2.26. The second kappa shape index (κ2) is 15.8. The van der Waals surface area contributed by atoms with E-state index in [-0.39, 0.29) is 16.6 Å². The predicted molar refractivity (Wildman–Crippen MR) is 173 cm³/mol. The van der Waals surface area contributed by atoms with Crippen molar-refractivity contribution in [3.63, 3.8) is 0 Å². The van der Waals surface area contributed by atoms with Crippen LogP contribution in [0.15, 0.2) is 59.8 Å². The first kappa shape index (κ1) is 33.0. The maximum atomic E-state index is 15.3. The van der Waals surface area contributed by atoms with Crippen molar-refractivity contribution < 1.29 is 23.0 Å². The number of ether oxygens (including phenoxy) is 3. The summed E-state index contributed by atoms with van der Waals surface area (Å²) in [5.74, 6) is 0.322. The first-order valence-corrected chi connectivity index (χ1v) is 16.8. The quantitative estimate of drug-likeness (QED) is 0.0754. The largest absolute Gasteiger partial charge is 0.493 e. The van der Waals surface area contributed by atoms with Crippen LogP contribution in [-0.2, 0) is 21.6 Å². The summed E-state index contributed by atoms with van der Waals surface area (Å²) in [7, 11) is 0. The van der Waals surface area contributed by atoms with Crippen molar-refractivity contribution in [3.8, 4) is 11.4 Å². The van der Waals surface area contributed by atoms with E-state index in [2.05, 4.69) is 0 Å². The van der Waals surface area contributed by atoms with Crippen LogP contribution in [0.2, 0.25) is 10.0 Å². The molecule has 1 aliphatic heterocycles. The molecule has 0 bridgehead atoms. The molecule has 1 aliphatic rings. The van der Waals surface area contributed by atoms with Crippen molar-refractivity contribution in [2.24, 2.45) is 0 Å². The van der Waals surface area contributed by atoms with Gasteiger partial charge in [-0.1, -0.05) is 47.1 Å². The molecule has 5 rings (SSSR count). The van der Waals surface area contributed by atoms with Gasteiger partial charge in [0.2, 0.25) is 0 Å². The molecule has 0 radical (unpaired) electrons. The highest BCUT2D eigenvalue weighted by Gasteiger charge is 2.31. The molecule has 5 nitrogen and oxygen atoms in total. The number of benzene rings is 3. The summed E-state index contributed by atoms with van der Waals surface area (Å²) in [6.07, 6.45) is 2.87. The van der Waals surface area contributed by atoms with Gasteiger partial charge in [-0.25, -0.2) is 13.8 Å². The minimum Gasteiger partial charge on any atom is -0.493 e. The van der Waals surface area contributed by atoms with Gasteiger partial charge in [0.1, 0.15) is 23.5 Å². The van der Waals surface area contributed by atoms with Gasteiger partial charge in [-0.2, -0.15) is 0 Å². The predicted octanol–water partition coefficient (Wildman–Crippen LogP) is 9.52. The molecule has 1 aromatic heterocycles. The number of imidazole rings is 1. The summed E-state index contributed by atoms with van der Waals surface area (Å²) in [5, 5.41) is 1.59. The van der Waals surface area contributed by atoms with Crippen LogP contribution in [0, 0.1) is 18.6 Å². The van der Waals surface area contributed by atoms with E-state index in [1.54, 1.807) is 18.2 Å². The summed E-state index contributed by atoms with van der Waals surface area (Å²) >= 11 is 19.8. The monoisotopic (exact) mass is 680 g/mol. The number of aromatic nitrogens is 2. The van der Waals surface area contributed by atoms with Crippen LogP contribution < -0.4 is 4.74 Å². The third-order valence-electron chi connectivity index (χ3n) is 7.28. The molecular formula is C33H33Cl3F2N2O3S. The second-order valence-corrected chi connectivity index (χ2v) is 12.5. The summed E-state index contributed by atoms with van der Waals surface area (Å²) in [5.41, 5.74) is 4.69. The van der Waals surface area contributed by atoms with Crippen LogP contribution in [0.25, 0.3) is 5.69 Å². The molecule has 0 N–H and O–H groups in total. The number of aryl methyl sites for hydroxylation is 1. The number of unbranched alkanes of at least 4 members (excludes halogenated alkanes) is 2. The molecule has 0 fully saturated rings. The van der Waals surface area contributed by atoms with E-state index in [9.17, 15) is 4.39 Å². The van der Waals surface area contributed by atoms with Gasteiger partial charge in [-0.3, -0.25) is 4.57 Å². The van der Waals surface area contributed by atoms with Crippen LogP contribution in [0.4, 0.5) is 8.78 Å². The Balaban J connectivity index is 1.35. The molecule has 11 heteroatoms. The number of hydrogen-bond donors (Lipinski definition) is 0. The van der Waals surface area contributed by atoms with Crippen molar-refractivity contribution in [2.75, 3.05) is 32.3 Å². The Labute approximate surface area is 275 Å². The van der Waals surface area contributed by atoms with Gasteiger partial charge in [0.05, 0.1) is 36.2 Å². The topological polar surface area (TPSA) is 45.5 Å². The Morgan fingerprint density at radius 1 is 0.977 bits per heavy atom. The Bertz CT molecular complexity index is 1550. The molecule has 0 saturated carbocycles. The molecule has 4 aromatic rings. The standard InChI is InChI=1S/C33H33Cl3F2N2O3S/c1-21-17-22(5-10-27(21)35)32-31-30(11-15-43-32)39-33(40(31)24-8-6-23(37)7-9-24)44-20-26-28(36)18-25(19-29(26)38)42-14-4-2-3-13-41-16-12-34/h5-10,17-19,32H,2-4,11-16,20H2,1H3. The minimum atomic E-state index is -0.447. The summed E-state index contributed by atoms with van der Waals surface area (Å²) in [4.78, 5) is 4.96. The molecule has 44 heavy (non-hydrogen) atoms. The van der Waals surface area contributed by atoms with E-state index in [0.717, 1.165) is 47.5 Å². The lowest BCUT2D eigenvalue weighted by Crippen LogP contribution is -2.20. The van der Waals surface area contributed by atoms with Crippen molar-refractivity contribution in [1.29, 1.82) is 0 Å². The molecule has 3 aromatic carbocycles. The molecule has 2 heterocycles. The zero-order chi connectivity index (χ0) is 31.1. The van der Waals surface area contributed by atoms with Crippen molar-refractivity contribution in [3.05, 3.63) is 104 Å². The van der Waals surface area contributed by atoms with Crippen LogP contribution in [-0.4, -0.2) is 41.9 Å². The number of thioether (sulfide) groups is 1. The maximum Gasteiger partial charge on any atom is 0.173 e. The zero-order valence-electron chi connectivity index (χ0n) is 24.3. The average molecular weight is 682 g/mol. The third-order valence-corrected chi connectivity index (χ3v) is 9.16. The van der Waals surface area contributed by atoms with Gasteiger partial charge in [0.25, 0.3) is 0 Å². The Kier molecular flexibility index (Phi) is 11.9. The number of alkyl halides is 1. The Morgan fingerprint density at radius 3 is 2.52 bits per heavy atom. The van der Waals surface area contributed by atoms with Crippen LogP contribution >= 0.6 is 46.6 Å². The number of rotatable bonds is 14. The highest BCUT2D eigenvalue weighted by atomic mass is 35.5. The molecule has 1 atom stereocenters. The van der Waals surface area contributed by atoms with Crippen LogP contribution in [0.3, 0.4) is 0 Å². The molecule has 1 unspecified atom stereocenters. The molecular weight excluding hydrogens is 649 g/mol. The van der Waals surface area contributed by atoms with Crippen molar-refractivity contribution >= 4 is 46.6 Å². The summed E-state index contributed by atoms with van der Waals surface area (Å²) < 4.78 is 48.6. The first-order chi connectivity index (χ1) is 21.4. The fourth-order valence-electron chi connectivity index (χ4n) is 5.05. The fraction of sp³-hybridized carbons (Fsp3) is 0.364. The number of halogens is 5. The Hall–Kier alpha value is -2.33. The van der Waals surface area contributed by atoms with Gasteiger partial charge in [0, 0.05) is 47.0 Å². The second-order valence-electron chi connectivity index (χ2n) is 10.4. The summed E-state index contributed by atoms with van der Waals surface area (Å²) in [6, 6.07) is 15.0. The number of fused-ring (bicyclic) bond motifs is 1. The van der Waals surface area contributed by atoms with Gasteiger partial charge in [-0.15, -0.1) is 11.6 Å². The number of nitrogens with zero attached hydrogens (tertiary/aromatic N) is 2. The van der Waals surface area contributed by atoms with Gasteiger partial charge < -0.3 is 14.2 Å². The van der Waals surface area contributed by atoms with Crippen molar-refractivity contribution in [1.82, 2.24) is 9.55 Å². The molecule has 0 saturated heterocycles. The number of hydrogen-bond acceptors (Lipinski definition) is 5. The minimum absolute atomic E-state index is 0.232. The lowest BCUT2D eigenvalue weighted by molar-refractivity contribution is 0.0648. The molecule has 234 valence electrons. The lowest BCUT2D eigenvalue weighted by atomic mass is 9.99. The maximum absolute atomic E-state index is 15.3.